The van der Waals surface area contributed by atoms with E-state index >= 15 is 0 Å². The number of rotatable bonds is 8. The fourth-order valence-electron chi connectivity index (χ4n) is 2.79. The van der Waals surface area contributed by atoms with Crippen LogP contribution in [-0.4, -0.2) is 41.8 Å². The molecule has 0 spiro atoms. The Morgan fingerprint density at radius 2 is 1.79 bits per heavy atom. The van der Waals surface area contributed by atoms with Gasteiger partial charge in [0.25, 0.3) is 11.6 Å². The topological polar surface area (TPSA) is 102 Å². The predicted molar refractivity (Wildman–Crippen MR) is 105 cm³/mol. The molecule has 0 saturated heterocycles. The normalized spacial score (nSPS) is 11.4. The van der Waals surface area contributed by atoms with Crippen molar-refractivity contribution in [1.29, 1.82) is 0 Å². The number of non-ortho nitro benzene ring substituents is 1. The first-order valence-electron chi connectivity index (χ1n) is 8.93. The fourth-order valence-corrected chi connectivity index (χ4v) is 2.79. The molecule has 0 aromatic heterocycles. The van der Waals surface area contributed by atoms with E-state index in [-0.39, 0.29) is 17.2 Å². The van der Waals surface area contributed by atoms with E-state index in [0.29, 0.717) is 24.3 Å². The van der Waals surface area contributed by atoms with Gasteiger partial charge in [0.2, 0.25) is 6.10 Å². The van der Waals surface area contributed by atoms with Crippen LogP contribution in [0.3, 0.4) is 0 Å². The monoisotopic (exact) mass is 385 g/mol. The van der Waals surface area contributed by atoms with Gasteiger partial charge in [-0.3, -0.25) is 14.9 Å². The molecular formula is C20H23N3O5. The van der Waals surface area contributed by atoms with Gasteiger partial charge < -0.3 is 15.0 Å². The average molecular weight is 385 g/mol. The number of carbonyl (C=O) groups excluding carboxylic acids is 2. The van der Waals surface area contributed by atoms with Gasteiger partial charge in [-0.25, -0.2) is 4.79 Å². The minimum Gasteiger partial charge on any atom is -0.444 e. The Bertz CT molecular complexity index is 850. The van der Waals surface area contributed by atoms with Crippen LogP contribution in [0, 0.1) is 10.1 Å². The molecule has 0 fully saturated rings. The van der Waals surface area contributed by atoms with Crippen molar-refractivity contribution in [1.82, 2.24) is 4.90 Å². The second-order valence-corrected chi connectivity index (χ2v) is 5.94. The molecule has 1 amide bonds. The number of hydrogen-bond donors (Lipinski definition) is 1. The summed E-state index contributed by atoms with van der Waals surface area (Å²) in [5.41, 5.74) is 0.657. The summed E-state index contributed by atoms with van der Waals surface area (Å²) in [6.45, 7) is 4.61. The number of nitro groups is 1. The Balaban J connectivity index is 2.41. The van der Waals surface area contributed by atoms with Crippen molar-refractivity contribution in [2.45, 2.75) is 20.0 Å². The summed E-state index contributed by atoms with van der Waals surface area (Å²) in [5, 5.41) is 13.9. The number of esters is 1. The summed E-state index contributed by atoms with van der Waals surface area (Å²) in [5.74, 6) is -1.16. The van der Waals surface area contributed by atoms with Crippen LogP contribution < -0.4 is 5.32 Å². The van der Waals surface area contributed by atoms with Crippen molar-refractivity contribution in [2.75, 3.05) is 25.5 Å². The number of carbonyl (C=O) groups is 2. The summed E-state index contributed by atoms with van der Waals surface area (Å²) in [4.78, 5) is 37.8. The molecule has 8 nitrogen and oxygen atoms in total. The van der Waals surface area contributed by atoms with Crippen LogP contribution in [-0.2, 0) is 9.53 Å². The van der Waals surface area contributed by atoms with Crippen molar-refractivity contribution in [3.8, 4) is 0 Å². The van der Waals surface area contributed by atoms with E-state index in [1.54, 1.807) is 42.3 Å². The Morgan fingerprint density at radius 1 is 1.14 bits per heavy atom. The molecule has 0 aliphatic rings. The van der Waals surface area contributed by atoms with Crippen LogP contribution >= 0.6 is 0 Å². The number of amides is 1. The third kappa shape index (κ3) is 4.64. The molecule has 148 valence electrons. The zero-order valence-electron chi connectivity index (χ0n) is 16.0. The van der Waals surface area contributed by atoms with Crippen molar-refractivity contribution < 1.29 is 19.2 Å². The van der Waals surface area contributed by atoms with Crippen LogP contribution in [0.25, 0.3) is 0 Å². The van der Waals surface area contributed by atoms with Gasteiger partial charge in [0, 0.05) is 43.5 Å². The highest BCUT2D eigenvalue weighted by Crippen LogP contribution is 2.27. The molecule has 0 saturated carbocycles. The molecule has 1 atom stereocenters. The van der Waals surface area contributed by atoms with Crippen molar-refractivity contribution >= 4 is 23.3 Å². The average Bonchev–Trinajstić information content (AvgIpc) is 2.72. The van der Waals surface area contributed by atoms with Crippen molar-refractivity contribution in [3.63, 3.8) is 0 Å². The van der Waals surface area contributed by atoms with E-state index in [0.717, 1.165) is 6.07 Å². The Labute approximate surface area is 163 Å². The fraction of sp³-hybridized carbons (Fsp3) is 0.300. The molecule has 0 bridgehead atoms. The maximum atomic E-state index is 12.9. The van der Waals surface area contributed by atoms with Gasteiger partial charge in [-0.05, 0) is 19.9 Å². The van der Waals surface area contributed by atoms with Crippen molar-refractivity contribution in [2.24, 2.45) is 0 Å². The van der Waals surface area contributed by atoms with E-state index < -0.39 is 17.0 Å². The van der Waals surface area contributed by atoms with Crippen LogP contribution in [0.5, 0.6) is 0 Å². The molecule has 2 rings (SSSR count). The highest BCUT2D eigenvalue weighted by molar-refractivity contribution is 5.98. The molecule has 2 aromatic carbocycles. The van der Waals surface area contributed by atoms with Gasteiger partial charge in [0.1, 0.15) is 0 Å². The van der Waals surface area contributed by atoms with E-state index in [2.05, 4.69) is 5.32 Å². The number of likely N-dealkylation sites (N-methyl/N-ethyl adjacent to an activating group) is 1. The molecule has 0 unspecified atom stereocenters. The summed E-state index contributed by atoms with van der Waals surface area (Å²) in [6.07, 6.45) is -1.14. The van der Waals surface area contributed by atoms with Crippen LogP contribution in [0.1, 0.15) is 35.9 Å². The largest absolute Gasteiger partial charge is 0.444 e. The molecule has 8 heteroatoms. The van der Waals surface area contributed by atoms with E-state index in [9.17, 15) is 19.7 Å². The van der Waals surface area contributed by atoms with Gasteiger partial charge in [-0.2, -0.15) is 0 Å². The number of nitro benzene ring substituents is 1. The Hall–Kier alpha value is -3.42. The summed E-state index contributed by atoms with van der Waals surface area (Å²) in [7, 11) is 1.59. The molecule has 2 aromatic rings. The van der Waals surface area contributed by atoms with Crippen molar-refractivity contribution in [3.05, 3.63) is 69.8 Å². The van der Waals surface area contributed by atoms with Crippen LogP contribution in [0.15, 0.2) is 48.5 Å². The van der Waals surface area contributed by atoms with E-state index in [4.69, 9.17) is 4.74 Å². The van der Waals surface area contributed by atoms with Gasteiger partial charge in [0.05, 0.1) is 10.5 Å². The number of anilines is 1. The smallest absolute Gasteiger partial charge is 0.341 e. The number of nitrogens with zero attached hydrogens (tertiary/aromatic N) is 2. The quantitative estimate of drug-likeness (QED) is 0.424. The minimum atomic E-state index is -1.14. The van der Waals surface area contributed by atoms with E-state index in [1.807, 2.05) is 13.8 Å². The third-order valence-corrected chi connectivity index (χ3v) is 4.33. The summed E-state index contributed by atoms with van der Waals surface area (Å²) < 4.78 is 5.55. The highest BCUT2D eigenvalue weighted by atomic mass is 16.6. The second kappa shape index (κ2) is 9.50. The number of benzene rings is 2. The number of hydrogen-bond acceptors (Lipinski definition) is 6. The zero-order chi connectivity index (χ0) is 20.7. The first kappa shape index (κ1) is 20.9. The molecule has 1 N–H and O–H groups in total. The van der Waals surface area contributed by atoms with E-state index in [1.165, 1.54) is 12.1 Å². The third-order valence-electron chi connectivity index (χ3n) is 4.33. The molecule has 0 radical (unpaired) electrons. The number of nitrogens with one attached hydrogen (secondary N) is 1. The Morgan fingerprint density at radius 3 is 2.32 bits per heavy atom. The lowest BCUT2D eigenvalue weighted by molar-refractivity contribution is -0.384. The molecule has 28 heavy (non-hydrogen) atoms. The standard InChI is InChI=1S/C20H23N3O5/c1-4-22(5-2)19(24)18(14-9-7-6-8-10-14)28-20(25)16-13-15(23(26)27)11-12-17(16)21-3/h6-13,18,21H,4-5H2,1-3H3/t18-/m1/s1. The summed E-state index contributed by atoms with van der Waals surface area (Å²) >= 11 is 0. The van der Waals surface area contributed by atoms with Gasteiger partial charge >= 0.3 is 5.97 Å². The predicted octanol–water partition coefficient (Wildman–Crippen LogP) is 3.40. The Kier molecular flexibility index (Phi) is 7.08. The SMILES string of the molecule is CCN(CC)C(=O)[C@H](OC(=O)c1cc([N+](=O)[O-])ccc1NC)c1ccccc1. The van der Waals surface area contributed by atoms with Crippen LogP contribution in [0.2, 0.25) is 0 Å². The van der Waals surface area contributed by atoms with Crippen LogP contribution in [0.4, 0.5) is 11.4 Å². The highest BCUT2D eigenvalue weighted by Gasteiger charge is 2.30. The first-order chi connectivity index (χ1) is 13.4. The molecule has 0 aliphatic carbocycles. The maximum Gasteiger partial charge on any atom is 0.341 e. The van der Waals surface area contributed by atoms with Gasteiger partial charge in [-0.15, -0.1) is 0 Å². The second-order valence-electron chi connectivity index (χ2n) is 5.94. The first-order valence-corrected chi connectivity index (χ1v) is 8.93. The minimum absolute atomic E-state index is 0.00928. The lowest BCUT2D eigenvalue weighted by Gasteiger charge is -2.25. The van der Waals surface area contributed by atoms with Gasteiger partial charge in [-0.1, -0.05) is 30.3 Å². The summed E-state index contributed by atoms with van der Waals surface area (Å²) in [6, 6.07) is 12.5. The molecule has 0 aliphatic heterocycles. The molecule has 0 heterocycles. The lowest BCUT2D eigenvalue weighted by Crippen LogP contribution is -2.36. The maximum absolute atomic E-state index is 12.9. The lowest BCUT2D eigenvalue weighted by atomic mass is 10.1. The number of ether oxygens (including phenoxy) is 1. The zero-order valence-corrected chi connectivity index (χ0v) is 16.0. The molecular weight excluding hydrogens is 362 g/mol. The van der Waals surface area contributed by atoms with Gasteiger partial charge in [0.15, 0.2) is 0 Å².